The largest absolute Gasteiger partial charge is 0.465 e. The van der Waals surface area contributed by atoms with Gasteiger partial charge in [-0.3, -0.25) is 5.32 Å². The number of carbonyl (C=O) groups is 1. The van der Waals surface area contributed by atoms with E-state index in [2.05, 4.69) is 0 Å². The number of amides is 1. The smallest absolute Gasteiger partial charge is 0.409 e. The fourth-order valence-corrected chi connectivity index (χ4v) is 1.45. The lowest BCUT2D eigenvalue weighted by Crippen LogP contribution is -2.08. The van der Waals surface area contributed by atoms with Crippen molar-refractivity contribution in [3.8, 4) is 11.5 Å². The predicted molar refractivity (Wildman–Crippen MR) is 69.0 cm³/mol. The molecule has 0 fully saturated rings. The fraction of sp³-hybridized carbons (Fsp3) is 0. The van der Waals surface area contributed by atoms with Crippen molar-refractivity contribution in [1.82, 2.24) is 0 Å². The molecule has 2 rings (SSSR count). The van der Waals surface area contributed by atoms with Gasteiger partial charge in [-0.05, 0) is 36.4 Å². The molecule has 4 N–H and O–H groups in total. The Kier molecular flexibility index (Phi) is 3.51. The molecule has 0 bridgehead atoms. The van der Waals surface area contributed by atoms with Gasteiger partial charge < -0.3 is 15.6 Å². The quantitative estimate of drug-likeness (QED) is 0.741. The van der Waals surface area contributed by atoms with Crippen LogP contribution in [0.3, 0.4) is 0 Å². The summed E-state index contributed by atoms with van der Waals surface area (Å²) in [5, 5.41) is 10.4. The number of halogens is 1. The molecule has 19 heavy (non-hydrogen) atoms. The Bertz CT molecular complexity index is 599. The minimum atomic E-state index is -1.33. The molecule has 0 aliphatic rings. The summed E-state index contributed by atoms with van der Waals surface area (Å²) in [5.74, 6) is 0.0566. The van der Waals surface area contributed by atoms with Crippen molar-refractivity contribution in [2.75, 3.05) is 11.1 Å². The maximum absolute atomic E-state index is 13.6. The minimum absolute atomic E-state index is 0.128. The van der Waals surface area contributed by atoms with Crippen LogP contribution in [-0.2, 0) is 0 Å². The molecule has 2 aromatic carbocycles. The topological polar surface area (TPSA) is 84.6 Å². The van der Waals surface area contributed by atoms with Gasteiger partial charge in [0.2, 0.25) is 0 Å². The first-order valence-corrected chi connectivity index (χ1v) is 5.37. The van der Waals surface area contributed by atoms with Gasteiger partial charge in [0.15, 0.2) is 5.82 Å². The molecule has 0 spiro atoms. The van der Waals surface area contributed by atoms with E-state index in [1.807, 2.05) is 5.32 Å². The lowest BCUT2D eigenvalue weighted by atomic mass is 10.2. The third-order valence-corrected chi connectivity index (χ3v) is 2.30. The number of nitrogens with one attached hydrogen (secondary N) is 1. The summed E-state index contributed by atoms with van der Waals surface area (Å²) in [7, 11) is 0. The second-order valence-corrected chi connectivity index (χ2v) is 3.74. The highest BCUT2D eigenvalue weighted by Crippen LogP contribution is 2.26. The number of nitrogen functional groups attached to an aromatic ring is 1. The zero-order valence-electron chi connectivity index (χ0n) is 9.76. The summed E-state index contributed by atoms with van der Waals surface area (Å²) in [5.41, 5.74) is 6.00. The van der Waals surface area contributed by atoms with E-state index in [9.17, 15) is 9.18 Å². The Labute approximate surface area is 108 Å². The average molecular weight is 262 g/mol. The fourth-order valence-electron chi connectivity index (χ4n) is 1.45. The number of anilines is 2. The number of hydrogen-bond acceptors (Lipinski definition) is 3. The minimum Gasteiger partial charge on any atom is -0.465 e. The first-order chi connectivity index (χ1) is 9.04. The van der Waals surface area contributed by atoms with Gasteiger partial charge in [0.05, 0.1) is 5.69 Å². The molecule has 1 amide bonds. The second kappa shape index (κ2) is 5.26. The zero-order chi connectivity index (χ0) is 13.8. The lowest BCUT2D eigenvalue weighted by molar-refractivity contribution is 0.209. The molecule has 0 aliphatic heterocycles. The van der Waals surface area contributed by atoms with Crippen LogP contribution in [-0.4, -0.2) is 11.2 Å². The molecule has 0 heterocycles. The SMILES string of the molecule is Nc1ccc(Oc2ccc(NC(=O)O)c(F)c2)cc1. The van der Waals surface area contributed by atoms with Crippen LogP contribution < -0.4 is 15.8 Å². The molecule has 0 saturated heterocycles. The highest BCUT2D eigenvalue weighted by atomic mass is 19.1. The van der Waals surface area contributed by atoms with E-state index in [1.54, 1.807) is 24.3 Å². The highest BCUT2D eigenvalue weighted by Gasteiger charge is 2.07. The normalized spacial score (nSPS) is 9.95. The van der Waals surface area contributed by atoms with Crippen LogP contribution in [0.15, 0.2) is 42.5 Å². The van der Waals surface area contributed by atoms with Crippen molar-refractivity contribution < 1.29 is 19.0 Å². The average Bonchev–Trinajstić information content (AvgIpc) is 2.35. The van der Waals surface area contributed by atoms with Crippen molar-refractivity contribution >= 4 is 17.5 Å². The van der Waals surface area contributed by atoms with Gasteiger partial charge in [0, 0.05) is 11.8 Å². The molecule has 0 unspecified atom stereocenters. The summed E-state index contributed by atoms with van der Waals surface area (Å²) in [6.45, 7) is 0. The Morgan fingerprint density at radius 1 is 1.16 bits per heavy atom. The van der Waals surface area contributed by atoms with Crippen LogP contribution in [0.2, 0.25) is 0 Å². The van der Waals surface area contributed by atoms with Gasteiger partial charge in [-0.1, -0.05) is 0 Å². The van der Waals surface area contributed by atoms with Crippen molar-refractivity contribution in [3.05, 3.63) is 48.3 Å². The van der Waals surface area contributed by atoms with Gasteiger partial charge in [0.1, 0.15) is 11.5 Å². The van der Waals surface area contributed by atoms with Crippen molar-refractivity contribution in [1.29, 1.82) is 0 Å². The Hall–Kier alpha value is -2.76. The molecule has 2 aromatic rings. The third-order valence-electron chi connectivity index (χ3n) is 2.30. The first kappa shape index (κ1) is 12.7. The molecule has 0 radical (unpaired) electrons. The van der Waals surface area contributed by atoms with Crippen molar-refractivity contribution in [2.24, 2.45) is 0 Å². The van der Waals surface area contributed by atoms with Crippen LogP contribution >= 0.6 is 0 Å². The number of carboxylic acid groups (broad SMARTS) is 1. The monoisotopic (exact) mass is 262 g/mol. The van der Waals surface area contributed by atoms with E-state index in [0.717, 1.165) is 6.07 Å². The summed E-state index contributed by atoms with van der Waals surface area (Å²) in [6.07, 6.45) is -1.33. The summed E-state index contributed by atoms with van der Waals surface area (Å²) >= 11 is 0. The van der Waals surface area contributed by atoms with E-state index in [-0.39, 0.29) is 11.4 Å². The lowest BCUT2D eigenvalue weighted by Gasteiger charge is -2.08. The maximum atomic E-state index is 13.6. The van der Waals surface area contributed by atoms with Gasteiger partial charge in [0.25, 0.3) is 0 Å². The van der Waals surface area contributed by atoms with Gasteiger partial charge >= 0.3 is 6.09 Å². The maximum Gasteiger partial charge on any atom is 0.409 e. The summed E-state index contributed by atoms with van der Waals surface area (Å²) < 4.78 is 19.0. The number of ether oxygens (including phenoxy) is 1. The van der Waals surface area contributed by atoms with E-state index in [1.165, 1.54) is 12.1 Å². The molecular formula is C13H11FN2O3. The molecule has 0 saturated carbocycles. The van der Waals surface area contributed by atoms with Crippen molar-refractivity contribution in [3.63, 3.8) is 0 Å². The van der Waals surface area contributed by atoms with Gasteiger partial charge in [-0.15, -0.1) is 0 Å². The Morgan fingerprint density at radius 2 is 1.79 bits per heavy atom. The molecule has 6 heteroatoms. The van der Waals surface area contributed by atoms with Crippen LogP contribution in [0.5, 0.6) is 11.5 Å². The molecule has 98 valence electrons. The molecule has 0 atom stereocenters. The van der Waals surface area contributed by atoms with E-state index in [0.29, 0.717) is 11.4 Å². The van der Waals surface area contributed by atoms with E-state index < -0.39 is 11.9 Å². The Balaban J connectivity index is 2.15. The molecule has 0 aromatic heterocycles. The van der Waals surface area contributed by atoms with Crippen molar-refractivity contribution in [2.45, 2.75) is 0 Å². The predicted octanol–water partition coefficient (Wildman–Crippen LogP) is 3.29. The molecule has 0 aliphatic carbocycles. The number of nitrogens with two attached hydrogens (primary N) is 1. The molecule has 5 nitrogen and oxygen atoms in total. The standard InChI is InChI=1S/C13H11FN2O3/c14-11-7-10(5-6-12(11)16-13(17)18)19-9-3-1-8(15)2-4-9/h1-7,16H,15H2,(H,17,18). The van der Waals surface area contributed by atoms with Gasteiger partial charge in [-0.2, -0.15) is 0 Å². The molecular weight excluding hydrogens is 251 g/mol. The van der Waals surface area contributed by atoms with Crippen LogP contribution in [0.25, 0.3) is 0 Å². The third kappa shape index (κ3) is 3.35. The van der Waals surface area contributed by atoms with Crippen LogP contribution in [0.4, 0.5) is 20.6 Å². The van der Waals surface area contributed by atoms with Crippen LogP contribution in [0, 0.1) is 5.82 Å². The number of benzene rings is 2. The van der Waals surface area contributed by atoms with E-state index >= 15 is 0 Å². The second-order valence-electron chi connectivity index (χ2n) is 3.74. The first-order valence-electron chi connectivity index (χ1n) is 5.37. The Morgan fingerprint density at radius 3 is 2.37 bits per heavy atom. The van der Waals surface area contributed by atoms with E-state index in [4.69, 9.17) is 15.6 Å². The number of hydrogen-bond donors (Lipinski definition) is 3. The zero-order valence-corrected chi connectivity index (χ0v) is 9.76. The highest BCUT2D eigenvalue weighted by molar-refractivity contribution is 5.83. The summed E-state index contributed by atoms with van der Waals surface area (Å²) in [6, 6.07) is 10.5. The number of rotatable bonds is 3. The summed E-state index contributed by atoms with van der Waals surface area (Å²) in [4.78, 5) is 10.4. The van der Waals surface area contributed by atoms with Crippen LogP contribution in [0.1, 0.15) is 0 Å². The van der Waals surface area contributed by atoms with Gasteiger partial charge in [-0.25, -0.2) is 9.18 Å².